The molecule has 60 valence electrons. The maximum Gasteiger partial charge on any atom is 0.266 e. The molecular weight excluding hydrogens is 263 g/mol. The molecule has 0 N–H and O–H groups in total. The molecule has 1 aromatic rings. The van der Waals surface area contributed by atoms with Crippen LogP contribution in [0.4, 0.5) is 8.78 Å². The van der Waals surface area contributed by atoms with Crippen molar-refractivity contribution in [1.82, 2.24) is 4.98 Å². The number of aryl methyl sites for hydroxylation is 1. The first-order valence-electron chi connectivity index (χ1n) is 3.02. The van der Waals surface area contributed by atoms with Crippen molar-refractivity contribution in [2.45, 2.75) is 13.3 Å². The molecule has 1 nitrogen and oxygen atoms in total. The highest BCUT2D eigenvalue weighted by atomic mass is 127. The first kappa shape index (κ1) is 8.83. The second-order valence-electron chi connectivity index (χ2n) is 2.13. The number of aromatic nitrogens is 1. The van der Waals surface area contributed by atoms with E-state index in [9.17, 15) is 8.78 Å². The molecule has 0 saturated carbocycles. The fraction of sp³-hybridized carbons (Fsp3) is 0.286. The Morgan fingerprint density at radius 1 is 1.55 bits per heavy atom. The van der Waals surface area contributed by atoms with Crippen molar-refractivity contribution in [2.75, 3.05) is 0 Å². The lowest BCUT2D eigenvalue weighted by atomic mass is 10.2. The third kappa shape index (κ3) is 1.85. The molecule has 1 heterocycles. The standard InChI is InChI=1S/C7H6F2IN/c1-4-2-3-11-7(10)5(4)6(8)9/h2-3,6H,1H3. The van der Waals surface area contributed by atoms with Crippen LogP contribution in [-0.2, 0) is 0 Å². The van der Waals surface area contributed by atoms with Crippen LogP contribution < -0.4 is 0 Å². The van der Waals surface area contributed by atoms with Crippen LogP contribution in [0.5, 0.6) is 0 Å². The van der Waals surface area contributed by atoms with Crippen molar-refractivity contribution in [2.24, 2.45) is 0 Å². The summed E-state index contributed by atoms with van der Waals surface area (Å²) in [6.45, 7) is 1.66. The summed E-state index contributed by atoms with van der Waals surface area (Å²) in [5, 5.41) is 0. The Morgan fingerprint density at radius 3 is 2.55 bits per heavy atom. The minimum absolute atomic E-state index is 0.0492. The molecule has 0 unspecified atom stereocenters. The van der Waals surface area contributed by atoms with Gasteiger partial charge in [-0.1, -0.05) is 0 Å². The number of hydrogen-bond acceptors (Lipinski definition) is 1. The van der Waals surface area contributed by atoms with E-state index in [-0.39, 0.29) is 5.56 Å². The smallest absolute Gasteiger partial charge is 0.250 e. The molecule has 11 heavy (non-hydrogen) atoms. The Bertz CT molecular complexity index is 242. The van der Waals surface area contributed by atoms with Crippen molar-refractivity contribution in [3.8, 4) is 0 Å². The van der Waals surface area contributed by atoms with Gasteiger partial charge in [-0.25, -0.2) is 13.8 Å². The van der Waals surface area contributed by atoms with E-state index in [4.69, 9.17) is 0 Å². The van der Waals surface area contributed by atoms with Gasteiger partial charge < -0.3 is 0 Å². The van der Waals surface area contributed by atoms with Crippen molar-refractivity contribution in [3.05, 3.63) is 27.1 Å². The van der Waals surface area contributed by atoms with E-state index in [1.54, 1.807) is 13.0 Å². The van der Waals surface area contributed by atoms with Gasteiger partial charge in [0, 0.05) is 6.20 Å². The van der Waals surface area contributed by atoms with E-state index in [1.165, 1.54) is 6.20 Å². The van der Waals surface area contributed by atoms with Crippen LogP contribution in [0, 0.1) is 10.6 Å². The van der Waals surface area contributed by atoms with Gasteiger partial charge in [-0.15, -0.1) is 0 Å². The summed E-state index contributed by atoms with van der Waals surface area (Å²) in [5.74, 6) is 0. The van der Waals surface area contributed by atoms with Crippen LogP contribution in [0.2, 0.25) is 0 Å². The van der Waals surface area contributed by atoms with Crippen LogP contribution >= 0.6 is 22.6 Å². The first-order chi connectivity index (χ1) is 5.13. The van der Waals surface area contributed by atoms with Crippen LogP contribution in [0.1, 0.15) is 17.6 Å². The van der Waals surface area contributed by atoms with E-state index >= 15 is 0 Å². The van der Waals surface area contributed by atoms with Crippen LogP contribution in [-0.4, -0.2) is 4.98 Å². The molecule has 0 aliphatic rings. The van der Waals surface area contributed by atoms with Crippen molar-refractivity contribution in [1.29, 1.82) is 0 Å². The lowest BCUT2D eigenvalue weighted by Crippen LogP contribution is -1.95. The van der Waals surface area contributed by atoms with E-state index < -0.39 is 6.43 Å². The highest BCUT2D eigenvalue weighted by Crippen LogP contribution is 2.25. The van der Waals surface area contributed by atoms with E-state index in [1.807, 2.05) is 22.6 Å². The van der Waals surface area contributed by atoms with Crippen molar-refractivity contribution in [3.63, 3.8) is 0 Å². The zero-order valence-electron chi connectivity index (χ0n) is 5.81. The molecule has 0 aliphatic heterocycles. The molecule has 4 heteroatoms. The SMILES string of the molecule is Cc1ccnc(I)c1C(F)F. The zero-order valence-corrected chi connectivity index (χ0v) is 7.97. The molecule has 1 rings (SSSR count). The summed E-state index contributed by atoms with van der Waals surface area (Å²) < 4.78 is 24.9. The lowest BCUT2D eigenvalue weighted by Gasteiger charge is -2.04. The van der Waals surface area contributed by atoms with Crippen LogP contribution in [0.15, 0.2) is 12.3 Å². The molecule has 1 aromatic heterocycles. The van der Waals surface area contributed by atoms with Crippen LogP contribution in [0.3, 0.4) is 0 Å². The van der Waals surface area contributed by atoms with Crippen LogP contribution in [0.25, 0.3) is 0 Å². The Labute approximate surface area is 77.0 Å². The van der Waals surface area contributed by atoms with E-state index in [0.717, 1.165) is 0 Å². The molecule has 0 aliphatic carbocycles. The largest absolute Gasteiger partial charge is 0.266 e. The molecule has 0 spiro atoms. The van der Waals surface area contributed by atoms with Gasteiger partial charge in [-0.3, -0.25) is 0 Å². The molecule has 0 amide bonds. The maximum atomic E-state index is 12.2. The topological polar surface area (TPSA) is 12.9 Å². The second-order valence-corrected chi connectivity index (χ2v) is 3.15. The van der Waals surface area contributed by atoms with Gasteiger partial charge in [0.05, 0.1) is 5.56 Å². The third-order valence-corrected chi connectivity index (χ3v) is 2.24. The van der Waals surface area contributed by atoms with Crippen molar-refractivity contribution < 1.29 is 8.78 Å². The average Bonchev–Trinajstić information content (AvgIpc) is 1.85. The van der Waals surface area contributed by atoms with Gasteiger partial charge in [-0.2, -0.15) is 0 Å². The first-order valence-corrected chi connectivity index (χ1v) is 4.10. The predicted molar refractivity (Wildman–Crippen MR) is 46.6 cm³/mol. The van der Waals surface area contributed by atoms with E-state index in [2.05, 4.69) is 4.98 Å². The Morgan fingerprint density at radius 2 is 2.18 bits per heavy atom. The van der Waals surface area contributed by atoms with Gasteiger partial charge in [0.25, 0.3) is 6.43 Å². The minimum Gasteiger partial charge on any atom is -0.250 e. The van der Waals surface area contributed by atoms with Crippen molar-refractivity contribution >= 4 is 22.6 Å². The molecule has 0 fully saturated rings. The van der Waals surface area contributed by atoms with Gasteiger partial charge >= 0.3 is 0 Å². The monoisotopic (exact) mass is 269 g/mol. The Kier molecular flexibility index (Phi) is 2.75. The molecule has 0 aromatic carbocycles. The normalized spacial score (nSPS) is 10.6. The van der Waals surface area contributed by atoms with Gasteiger partial charge in [-0.05, 0) is 41.1 Å². The number of halogens is 3. The highest BCUT2D eigenvalue weighted by molar-refractivity contribution is 14.1. The molecule has 0 bridgehead atoms. The molecule has 0 saturated heterocycles. The fourth-order valence-electron chi connectivity index (χ4n) is 0.799. The summed E-state index contributed by atoms with van der Waals surface area (Å²) in [5.41, 5.74) is 0.646. The quantitative estimate of drug-likeness (QED) is 0.564. The number of nitrogens with zero attached hydrogens (tertiary/aromatic N) is 1. The predicted octanol–water partition coefficient (Wildman–Crippen LogP) is 2.93. The lowest BCUT2D eigenvalue weighted by molar-refractivity contribution is 0.149. The Balaban J connectivity index is 3.21. The number of pyridine rings is 1. The highest BCUT2D eigenvalue weighted by Gasteiger charge is 2.14. The maximum absolute atomic E-state index is 12.2. The fourth-order valence-corrected chi connectivity index (χ4v) is 1.62. The summed E-state index contributed by atoms with van der Waals surface area (Å²) in [6.07, 6.45) is -0.890. The Hall–Kier alpha value is -0.260. The molecule has 0 atom stereocenters. The number of rotatable bonds is 1. The summed E-state index contributed by atoms with van der Waals surface area (Å²) >= 11 is 1.81. The average molecular weight is 269 g/mol. The van der Waals surface area contributed by atoms with Gasteiger partial charge in [0.2, 0.25) is 0 Å². The number of alkyl halides is 2. The number of hydrogen-bond donors (Lipinski definition) is 0. The summed E-state index contributed by atoms with van der Waals surface area (Å²) in [4.78, 5) is 3.77. The third-order valence-electron chi connectivity index (χ3n) is 1.38. The van der Waals surface area contributed by atoms with E-state index in [0.29, 0.717) is 9.26 Å². The van der Waals surface area contributed by atoms with Gasteiger partial charge in [0.1, 0.15) is 3.70 Å². The summed E-state index contributed by atoms with van der Waals surface area (Å²) in [6, 6.07) is 1.59. The minimum atomic E-state index is -2.42. The molecular formula is C7H6F2IN. The molecule has 0 radical (unpaired) electrons. The van der Waals surface area contributed by atoms with Gasteiger partial charge in [0.15, 0.2) is 0 Å². The zero-order chi connectivity index (χ0) is 8.43. The summed E-state index contributed by atoms with van der Waals surface area (Å²) in [7, 11) is 0. The second kappa shape index (κ2) is 3.42.